The highest BCUT2D eigenvalue weighted by atomic mass is 32.2. The normalized spacial score (nSPS) is 14.2. The zero-order valence-electron chi connectivity index (χ0n) is 13.1. The first kappa shape index (κ1) is 17.5. The number of hydrogen-bond acceptors (Lipinski definition) is 3. The van der Waals surface area contributed by atoms with Crippen molar-refractivity contribution in [1.29, 1.82) is 0 Å². The molecule has 3 heteroatoms. The van der Waals surface area contributed by atoms with Crippen LogP contribution in [-0.2, 0) is 0 Å². The number of aliphatic hydroxyl groups excluding tert-OH is 1. The Bertz CT molecular complexity index is 377. The number of hydrogen-bond donors (Lipinski definition) is 2. The van der Waals surface area contributed by atoms with Crippen LogP contribution in [0.25, 0.3) is 0 Å². The molecular weight excluding hydrogens is 266 g/mol. The number of rotatable bonds is 10. The number of aryl methyl sites for hydroxylation is 1. The molecule has 0 saturated carbocycles. The van der Waals surface area contributed by atoms with Crippen molar-refractivity contribution in [2.45, 2.75) is 56.9 Å². The van der Waals surface area contributed by atoms with Gasteiger partial charge in [0.1, 0.15) is 0 Å². The maximum absolute atomic E-state index is 9.69. The van der Waals surface area contributed by atoms with E-state index in [9.17, 15) is 5.11 Å². The smallest absolute Gasteiger partial charge is 0.0613 e. The lowest BCUT2D eigenvalue weighted by Gasteiger charge is -2.32. The Morgan fingerprint density at radius 1 is 1.30 bits per heavy atom. The Morgan fingerprint density at radius 3 is 2.70 bits per heavy atom. The van der Waals surface area contributed by atoms with Gasteiger partial charge in [0.15, 0.2) is 0 Å². The highest BCUT2D eigenvalue weighted by Crippen LogP contribution is 2.23. The third-order valence-electron chi connectivity index (χ3n) is 3.79. The van der Waals surface area contributed by atoms with Crippen molar-refractivity contribution in [1.82, 2.24) is 5.32 Å². The Kier molecular flexibility index (Phi) is 8.27. The van der Waals surface area contributed by atoms with Crippen LogP contribution in [0.3, 0.4) is 0 Å². The quantitative estimate of drug-likeness (QED) is 0.505. The number of thioether (sulfide) groups is 1. The van der Waals surface area contributed by atoms with Crippen LogP contribution >= 0.6 is 11.8 Å². The molecule has 1 unspecified atom stereocenters. The topological polar surface area (TPSA) is 32.3 Å². The standard InChI is InChI=1S/C17H29NOS/c1-4-11-18-17(5-2,14-19)10-7-12-20-16-9-6-8-15(3)13-16/h6,8-9,13,18-19H,4-5,7,10-12,14H2,1-3H3. The van der Waals surface area contributed by atoms with Gasteiger partial charge in [-0.1, -0.05) is 31.5 Å². The van der Waals surface area contributed by atoms with Gasteiger partial charge in [-0.15, -0.1) is 11.8 Å². The molecule has 0 aliphatic rings. The van der Waals surface area contributed by atoms with Crippen LogP contribution in [0.5, 0.6) is 0 Å². The van der Waals surface area contributed by atoms with Gasteiger partial charge in [-0.25, -0.2) is 0 Å². The Labute approximate surface area is 128 Å². The molecule has 0 aliphatic carbocycles. The van der Waals surface area contributed by atoms with Gasteiger partial charge in [-0.05, 0) is 57.0 Å². The molecular formula is C17H29NOS. The number of benzene rings is 1. The summed E-state index contributed by atoms with van der Waals surface area (Å²) in [6.45, 7) is 7.68. The SMILES string of the molecule is CCCNC(CC)(CO)CCCSc1cccc(C)c1. The third kappa shape index (κ3) is 5.86. The van der Waals surface area contributed by atoms with Crippen LogP contribution in [0.2, 0.25) is 0 Å². The number of aliphatic hydroxyl groups is 1. The fourth-order valence-electron chi connectivity index (χ4n) is 2.33. The van der Waals surface area contributed by atoms with Crippen molar-refractivity contribution in [2.24, 2.45) is 0 Å². The van der Waals surface area contributed by atoms with Crippen LogP contribution in [0, 0.1) is 6.92 Å². The molecule has 2 N–H and O–H groups in total. The van der Waals surface area contributed by atoms with Crippen molar-refractivity contribution < 1.29 is 5.11 Å². The highest BCUT2D eigenvalue weighted by molar-refractivity contribution is 7.99. The van der Waals surface area contributed by atoms with Gasteiger partial charge in [-0.3, -0.25) is 0 Å². The summed E-state index contributed by atoms with van der Waals surface area (Å²) in [4.78, 5) is 1.35. The molecule has 1 aromatic carbocycles. The third-order valence-corrected chi connectivity index (χ3v) is 4.87. The molecule has 114 valence electrons. The lowest BCUT2D eigenvalue weighted by molar-refractivity contribution is 0.146. The molecule has 0 aliphatic heterocycles. The zero-order chi connectivity index (χ0) is 14.8. The predicted molar refractivity (Wildman–Crippen MR) is 89.5 cm³/mol. The first-order valence-corrected chi connectivity index (χ1v) is 8.69. The Hall–Kier alpha value is -0.510. The van der Waals surface area contributed by atoms with E-state index >= 15 is 0 Å². The van der Waals surface area contributed by atoms with E-state index in [4.69, 9.17) is 0 Å². The molecule has 20 heavy (non-hydrogen) atoms. The van der Waals surface area contributed by atoms with Crippen LogP contribution in [-0.4, -0.2) is 29.5 Å². The minimum atomic E-state index is -0.0802. The van der Waals surface area contributed by atoms with E-state index in [0.717, 1.165) is 38.0 Å². The van der Waals surface area contributed by atoms with Gasteiger partial charge in [0, 0.05) is 10.4 Å². The summed E-state index contributed by atoms with van der Waals surface area (Å²) in [6, 6.07) is 8.66. The predicted octanol–water partition coefficient (Wildman–Crippen LogP) is 4.01. The second-order valence-corrected chi connectivity index (χ2v) is 6.66. The van der Waals surface area contributed by atoms with E-state index in [1.54, 1.807) is 0 Å². The summed E-state index contributed by atoms with van der Waals surface area (Å²) < 4.78 is 0. The second-order valence-electron chi connectivity index (χ2n) is 5.49. The van der Waals surface area contributed by atoms with Crippen LogP contribution < -0.4 is 5.32 Å². The van der Waals surface area contributed by atoms with E-state index in [0.29, 0.717) is 0 Å². The fraction of sp³-hybridized carbons (Fsp3) is 0.647. The Morgan fingerprint density at radius 2 is 2.10 bits per heavy atom. The lowest BCUT2D eigenvalue weighted by atomic mass is 9.91. The monoisotopic (exact) mass is 295 g/mol. The van der Waals surface area contributed by atoms with Crippen LogP contribution in [0.4, 0.5) is 0 Å². The number of nitrogens with one attached hydrogen (secondary N) is 1. The van der Waals surface area contributed by atoms with Crippen molar-refractivity contribution in [3.05, 3.63) is 29.8 Å². The minimum absolute atomic E-state index is 0.0802. The molecule has 1 atom stereocenters. The molecule has 0 aromatic heterocycles. The molecule has 1 aromatic rings. The van der Waals surface area contributed by atoms with Crippen LogP contribution in [0.15, 0.2) is 29.2 Å². The van der Waals surface area contributed by atoms with Gasteiger partial charge >= 0.3 is 0 Å². The van der Waals surface area contributed by atoms with Crippen molar-refractivity contribution >= 4 is 11.8 Å². The molecule has 0 spiro atoms. The maximum Gasteiger partial charge on any atom is 0.0613 e. The average molecular weight is 295 g/mol. The van der Waals surface area contributed by atoms with Crippen LogP contribution in [0.1, 0.15) is 45.1 Å². The summed E-state index contributed by atoms with van der Waals surface area (Å²) in [5.41, 5.74) is 1.24. The molecule has 0 bridgehead atoms. The van der Waals surface area contributed by atoms with Crippen molar-refractivity contribution in [3.63, 3.8) is 0 Å². The van der Waals surface area contributed by atoms with Gasteiger partial charge in [-0.2, -0.15) is 0 Å². The maximum atomic E-state index is 9.69. The van der Waals surface area contributed by atoms with Crippen molar-refractivity contribution in [2.75, 3.05) is 18.9 Å². The highest BCUT2D eigenvalue weighted by Gasteiger charge is 2.25. The largest absolute Gasteiger partial charge is 0.394 e. The summed E-state index contributed by atoms with van der Waals surface area (Å²) in [7, 11) is 0. The molecule has 0 heterocycles. The van der Waals surface area contributed by atoms with E-state index in [1.807, 2.05) is 11.8 Å². The van der Waals surface area contributed by atoms with E-state index < -0.39 is 0 Å². The van der Waals surface area contributed by atoms with E-state index in [-0.39, 0.29) is 12.1 Å². The first-order chi connectivity index (χ1) is 9.65. The molecule has 0 saturated heterocycles. The lowest BCUT2D eigenvalue weighted by Crippen LogP contribution is -2.48. The molecule has 2 nitrogen and oxygen atoms in total. The van der Waals surface area contributed by atoms with Gasteiger partial charge in [0.2, 0.25) is 0 Å². The first-order valence-electron chi connectivity index (χ1n) is 7.71. The summed E-state index contributed by atoms with van der Waals surface area (Å²) >= 11 is 1.91. The zero-order valence-corrected chi connectivity index (χ0v) is 13.9. The molecule has 0 amide bonds. The summed E-state index contributed by atoms with van der Waals surface area (Å²) in [5, 5.41) is 13.2. The second kappa shape index (κ2) is 9.43. The van der Waals surface area contributed by atoms with E-state index in [1.165, 1.54) is 10.5 Å². The average Bonchev–Trinajstić information content (AvgIpc) is 2.47. The fourth-order valence-corrected chi connectivity index (χ4v) is 3.30. The van der Waals surface area contributed by atoms with Crippen molar-refractivity contribution in [3.8, 4) is 0 Å². The Balaban J connectivity index is 2.37. The van der Waals surface area contributed by atoms with Gasteiger partial charge in [0.05, 0.1) is 6.61 Å². The molecule has 1 rings (SSSR count). The van der Waals surface area contributed by atoms with E-state index in [2.05, 4.69) is 50.4 Å². The minimum Gasteiger partial charge on any atom is -0.394 e. The molecule has 0 fully saturated rings. The summed E-state index contributed by atoms with van der Waals surface area (Å²) in [5.74, 6) is 1.11. The molecule has 0 radical (unpaired) electrons. The van der Waals surface area contributed by atoms with Gasteiger partial charge < -0.3 is 10.4 Å². The summed E-state index contributed by atoms with van der Waals surface area (Å²) in [6.07, 6.45) is 4.26. The van der Waals surface area contributed by atoms with Gasteiger partial charge in [0.25, 0.3) is 0 Å².